The number of para-hydroxylation sites is 2. The number of carbonyl (C=O) groups excluding carboxylic acids is 8. The van der Waals surface area contributed by atoms with Crippen LogP contribution in [0.3, 0.4) is 0 Å². The van der Waals surface area contributed by atoms with Crippen LogP contribution in [0.4, 0.5) is 0 Å². The molecule has 0 saturated carbocycles. The molecule has 298 valence electrons. The molecular weight excluding hydrogens is 744 g/mol. The van der Waals surface area contributed by atoms with Gasteiger partial charge in [0.2, 0.25) is 0 Å². The van der Waals surface area contributed by atoms with Crippen LogP contribution in [-0.4, -0.2) is 116 Å². The van der Waals surface area contributed by atoms with E-state index in [1.54, 1.807) is 0 Å². The Morgan fingerprint density at radius 3 is 1.38 bits per heavy atom. The van der Waals surface area contributed by atoms with Gasteiger partial charge in [0, 0.05) is 0 Å². The van der Waals surface area contributed by atoms with E-state index in [-0.39, 0.29) is 49.0 Å². The van der Waals surface area contributed by atoms with Crippen molar-refractivity contribution in [2.24, 2.45) is 5.18 Å². The van der Waals surface area contributed by atoms with Crippen molar-refractivity contribution >= 4 is 47.8 Å². The molecule has 2 aromatic carbocycles. The van der Waals surface area contributed by atoms with E-state index < -0.39 is 86.0 Å². The molecule has 0 aliphatic rings. The van der Waals surface area contributed by atoms with Crippen LogP contribution in [0.2, 0.25) is 0 Å². The zero-order valence-corrected chi connectivity index (χ0v) is 28.9. The molecule has 22 nitrogen and oxygen atoms in total. The summed E-state index contributed by atoms with van der Waals surface area (Å²) in [6, 6.07) is 10.5. The van der Waals surface area contributed by atoms with Crippen molar-refractivity contribution in [1.29, 1.82) is 0 Å². The highest BCUT2D eigenvalue weighted by atomic mass is 17.1. The number of nitroso groups, excluding NO2 is 1. The lowest BCUT2D eigenvalue weighted by atomic mass is 10.2. The Labute approximate surface area is 310 Å². The summed E-state index contributed by atoms with van der Waals surface area (Å²) in [7, 11) is 0. The number of hydrogen-bond acceptors (Lipinski definition) is 22. The average Bonchev–Trinajstić information content (AvgIpc) is 3.16. The maximum Gasteiger partial charge on any atom is 0.349 e. The number of esters is 8. The van der Waals surface area contributed by atoms with Gasteiger partial charge in [-0.3, -0.25) is 24.8 Å². The van der Waals surface area contributed by atoms with E-state index in [2.05, 4.69) is 19.5 Å². The van der Waals surface area contributed by atoms with E-state index in [0.29, 0.717) is 25.7 Å². The van der Waals surface area contributed by atoms with Crippen molar-refractivity contribution in [3.05, 3.63) is 64.6 Å². The maximum atomic E-state index is 12.5. The monoisotopic (exact) mass is 780 g/mol. The number of benzene rings is 2. The minimum absolute atomic E-state index is 0.0108. The Bertz CT molecular complexity index is 1640. The summed E-state index contributed by atoms with van der Waals surface area (Å²) in [5.74, 6) is -9.28. The van der Waals surface area contributed by atoms with E-state index in [1.807, 2.05) is 0 Å². The van der Waals surface area contributed by atoms with Gasteiger partial charge >= 0.3 is 47.8 Å². The molecule has 22 heteroatoms. The molecule has 0 radical (unpaired) electrons. The fourth-order valence-electron chi connectivity index (χ4n) is 3.74. The lowest BCUT2D eigenvalue weighted by Gasteiger charge is -2.11. The van der Waals surface area contributed by atoms with E-state index >= 15 is 0 Å². The molecule has 2 aromatic rings. The number of carbonyl (C=O) groups is 8. The molecule has 55 heavy (non-hydrogen) atoms. The molecule has 0 atom stereocenters. The van der Waals surface area contributed by atoms with Crippen molar-refractivity contribution in [3.63, 3.8) is 0 Å². The van der Waals surface area contributed by atoms with Crippen molar-refractivity contribution < 1.29 is 91.5 Å². The summed E-state index contributed by atoms with van der Waals surface area (Å²) in [4.78, 5) is 112. The third-order valence-electron chi connectivity index (χ3n) is 6.21. The quantitative estimate of drug-likeness (QED) is 0.0274. The summed E-state index contributed by atoms with van der Waals surface area (Å²) < 4.78 is 38.9. The number of rotatable bonds is 25. The molecule has 0 bridgehead atoms. The predicted octanol–water partition coefficient (Wildman–Crippen LogP) is 1.41. The van der Waals surface area contributed by atoms with E-state index in [1.165, 1.54) is 48.5 Å². The zero-order valence-electron chi connectivity index (χ0n) is 28.9. The largest absolute Gasteiger partial charge is 0.463 e. The fourth-order valence-corrected chi connectivity index (χ4v) is 3.74. The van der Waals surface area contributed by atoms with Gasteiger partial charge in [0.25, 0.3) is 0 Å². The Balaban J connectivity index is 1.72. The molecule has 0 saturated heterocycles. The summed E-state index contributed by atoms with van der Waals surface area (Å²) in [5, 5.41) is 19.0. The van der Waals surface area contributed by atoms with Crippen LogP contribution in [0.15, 0.2) is 53.7 Å². The van der Waals surface area contributed by atoms with Gasteiger partial charge in [0.05, 0.1) is 31.8 Å². The topological polar surface area (TPSA) is 293 Å². The van der Waals surface area contributed by atoms with Crippen molar-refractivity contribution in [2.45, 2.75) is 32.1 Å². The molecule has 0 fully saturated rings. The molecule has 0 heterocycles. The predicted molar refractivity (Wildman–Crippen MR) is 174 cm³/mol. The van der Waals surface area contributed by atoms with Gasteiger partial charge in [-0.05, 0) is 49.9 Å². The van der Waals surface area contributed by atoms with Crippen molar-refractivity contribution in [2.75, 3.05) is 52.8 Å². The van der Waals surface area contributed by atoms with Gasteiger partial charge in [0.1, 0.15) is 29.0 Å². The fraction of sp³-hybridized carbons (Fsp3) is 0.394. The lowest BCUT2D eigenvalue weighted by Crippen LogP contribution is -2.24. The highest BCUT2D eigenvalue weighted by molar-refractivity contribution is 5.96. The third-order valence-corrected chi connectivity index (χ3v) is 6.21. The van der Waals surface area contributed by atoms with E-state index in [9.17, 15) is 43.3 Å². The van der Waals surface area contributed by atoms with Gasteiger partial charge in [-0.2, -0.15) is 4.91 Å². The molecule has 0 aliphatic heterocycles. The minimum atomic E-state index is -1.25. The smallest absolute Gasteiger partial charge is 0.349 e. The van der Waals surface area contributed by atoms with Gasteiger partial charge < -0.3 is 37.9 Å². The summed E-state index contributed by atoms with van der Waals surface area (Å²) >= 11 is 0. The first-order valence-corrected chi connectivity index (χ1v) is 16.1. The van der Waals surface area contributed by atoms with Gasteiger partial charge in [0.15, 0.2) is 26.4 Å². The molecule has 0 aromatic heterocycles. The van der Waals surface area contributed by atoms with Crippen LogP contribution < -0.4 is 9.47 Å². The third kappa shape index (κ3) is 19.3. The summed E-state index contributed by atoms with van der Waals surface area (Å²) in [5.41, 5.74) is -0.517. The first-order valence-electron chi connectivity index (χ1n) is 16.1. The van der Waals surface area contributed by atoms with Crippen LogP contribution in [0.5, 0.6) is 11.5 Å². The summed E-state index contributed by atoms with van der Waals surface area (Å²) in [6.45, 7) is -3.61. The van der Waals surface area contributed by atoms with Gasteiger partial charge in [-0.1, -0.05) is 29.4 Å². The summed E-state index contributed by atoms with van der Waals surface area (Å²) in [6.07, 6.45) is 0.378. The van der Waals surface area contributed by atoms with Crippen LogP contribution in [0, 0.1) is 4.91 Å². The number of hydrogen-bond donors (Lipinski definition) is 2. The van der Waals surface area contributed by atoms with Crippen molar-refractivity contribution in [3.8, 4) is 11.5 Å². The molecule has 0 spiro atoms. The normalized spacial score (nSPS) is 10.4. The Morgan fingerprint density at radius 1 is 0.509 bits per heavy atom. The molecule has 2 N–H and O–H groups in total. The first-order chi connectivity index (χ1) is 26.4. The number of unbranched alkanes of at least 4 members (excludes halogenated alkanes) is 2. The van der Waals surface area contributed by atoms with Crippen LogP contribution in [0.1, 0.15) is 52.8 Å². The Kier molecular flexibility index (Phi) is 20.8. The van der Waals surface area contributed by atoms with E-state index in [0.717, 1.165) is 0 Å². The van der Waals surface area contributed by atoms with Gasteiger partial charge in [-0.15, -0.1) is 0 Å². The Morgan fingerprint density at radius 2 is 0.927 bits per heavy atom. The molecule has 0 amide bonds. The minimum Gasteiger partial charge on any atom is -0.463 e. The second-order valence-electron chi connectivity index (χ2n) is 10.4. The number of nitrogens with zero attached hydrogens (tertiary/aromatic N) is 2. The van der Waals surface area contributed by atoms with E-state index in [4.69, 9.17) is 38.8 Å². The highest BCUT2D eigenvalue weighted by Gasteiger charge is 2.22. The lowest BCUT2D eigenvalue weighted by molar-refractivity contribution is -0.492. The zero-order chi connectivity index (χ0) is 40.4. The van der Waals surface area contributed by atoms with Crippen LogP contribution in [0.25, 0.3) is 0 Å². The molecule has 2 rings (SSSR count). The standard InChI is InChI=1S/C33H36N2O20/c36-26(49-20-30(40)54-24-11-3-1-9-22(24)32(42)51-18-28(38)47-14-6-5-13-34-44)17-27(37)50-21-31(41)55-25-12-4-2-10-23(25)33(43)52-19-29(39)48-15-7-8-16-53-35(45)46/h1-4,9-12,45-46H,5-8,13-21H2. The number of ether oxygens (including phenoxy) is 8. The molecular formula is C33H36N2O20. The SMILES string of the molecule is O=NCCCCOC(=O)COC(=O)c1ccccc1OC(=O)COC(=O)CC(=O)OCC(=O)Oc1ccccc1C(=O)OCC(=O)OCCCCON(O)O. The first kappa shape index (κ1) is 44.8. The highest BCUT2D eigenvalue weighted by Crippen LogP contribution is 2.20. The van der Waals surface area contributed by atoms with Crippen LogP contribution >= 0.6 is 0 Å². The molecule has 0 aliphatic carbocycles. The second-order valence-corrected chi connectivity index (χ2v) is 10.4. The maximum absolute atomic E-state index is 12.5. The Hall–Kier alpha value is -6.36. The van der Waals surface area contributed by atoms with Gasteiger partial charge in [-0.25, -0.2) is 28.8 Å². The van der Waals surface area contributed by atoms with Crippen LogP contribution in [-0.2, 0) is 62.0 Å². The average molecular weight is 781 g/mol. The second kappa shape index (κ2) is 25.6. The van der Waals surface area contributed by atoms with Crippen molar-refractivity contribution in [1.82, 2.24) is 5.39 Å². The molecule has 0 unspecified atom stereocenters.